The highest BCUT2D eigenvalue weighted by atomic mass is 32.2. The summed E-state index contributed by atoms with van der Waals surface area (Å²) in [5.41, 5.74) is 0. The third-order valence-corrected chi connectivity index (χ3v) is 7.62. The molecule has 0 spiro atoms. The zero-order chi connectivity index (χ0) is 9.80. The maximum atomic E-state index is 2.50. The number of rotatable bonds is 2. The highest BCUT2D eigenvalue weighted by Crippen LogP contribution is 2.35. The maximum absolute atomic E-state index is 2.50. The second-order valence-corrected chi connectivity index (χ2v) is 8.12. The molecule has 0 aromatic carbocycles. The van der Waals surface area contributed by atoms with E-state index in [1.165, 1.54) is 35.0 Å². The van der Waals surface area contributed by atoms with Crippen molar-refractivity contribution < 1.29 is 0 Å². The van der Waals surface area contributed by atoms with Gasteiger partial charge in [0.2, 0.25) is 0 Å². The van der Waals surface area contributed by atoms with Gasteiger partial charge in [-0.3, -0.25) is 0 Å². The molecule has 0 unspecified atom stereocenters. The quantitative estimate of drug-likeness (QED) is 0.754. The average Bonchev–Trinajstić information content (AvgIpc) is 2.30. The molecule has 2 rings (SSSR count). The summed E-state index contributed by atoms with van der Waals surface area (Å²) >= 11 is 8.25. The fourth-order valence-corrected chi connectivity index (χ4v) is 6.00. The first-order chi connectivity index (χ1) is 6.90. The molecular formula is C8H16N2S4. The summed E-state index contributed by atoms with van der Waals surface area (Å²) in [6.07, 6.45) is 1.30. The van der Waals surface area contributed by atoms with E-state index in [2.05, 4.69) is 40.5 Å². The summed E-state index contributed by atoms with van der Waals surface area (Å²) in [6.45, 7) is 2.28. The van der Waals surface area contributed by atoms with E-state index in [9.17, 15) is 0 Å². The van der Waals surface area contributed by atoms with Crippen LogP contribution in [-0.4, -0.2) is 43.2 Å². The third-order valence-electron chi connectivity index (χ3n) is 2.20. The van der Waals surface area contributed by atoms with E-state index in [0.29, 0.717) is 0 Å². The lowest BCUT2D eigenvalue weighted by atomic mass is 10.6. The fraction of sp³-hybridized carbons (Fsp3) is 1.00. The van der Waals surface area contributed by atoms with E-state index in [-0.39, 0.29) is 0 Å². The van der Waals surface area contributed by atoms with Crippen LogP contribution in [0, 0.1) is 0 Å². The highest BCUT2D eigenvalue weighted by Gasteiger charge is 2.24. The maximum Gasteiger partial charge on any atom is 0.0611 e. The van der Waals surface area contributed by atoms with Crippen molar-refractivity contribution in [2.75, 3.05) is 28.6 Å². The van der Waals surface area contributed by atoms with Crippen molar-refractivity contribution in [3.8, 4) is 0 Å². The Bertz CT molecular complexity index is 167. The predicted molar refractivity (Wildman–Crippen MR) is 72.5 cm³/mol. The van der Waals surface area contributed by atoms with Gasteiger partial charge in [-0.1, -0.05) is 6.92 Å². The SMILES string of the molecule is CCC1SCN(N2CSCSC2)CS1. The van der Waals surface area contributed by atoms with Crippen molar-refractivity contribution in [3.05, 3.63) is 0 Å². The van der Waals surface area contributed by atoms with Gasteiger partial charge in [0.15, 0.2) is 0 Å². The van der Waals surface area contributed by atoms with Gasteiger partial charge < -0.3 is 0 Å². The lowest BCUT2D eigenvalue weighted by molar-refractivity contribution is 0.0555. The van der Waals surface area contributed by atoms with Crippen LogP contribution < -0.4 is 0 Å². The Labute approximate surface area is 103 Å². The van der Waals surface area contributed by atoms with Crippen LogP contribution in [0.3, 0.4) is 0 Å². The van der Waals surface area contributed by atoms with Crippen molar-refractivity contribution >= 4 is 47.0 Å². The second-order valence-electron chi connectivity index (χ2n) is 3.23. The van der Waals surface area contributed by atoms with Gasteiger partial charge in [0, 0.05) is 5.08 Å². The first kappa shape index (κ1) is 11.8. The Morgan fingerprint density at radius 3 is 2.14 bits per heavy atom. The first-order valence-corrected chi connectivity index (χ1v) is 9.19. The number of hydrogen-bond donors (Lipinski definition) is 0. The molecule has 0 bridgehead atoms. The smallest absolute Gasteiger partial charge is 0.0611 e. The van der Waals surface area contributed by atoms with E-state index in [4.69, 9.17) is 0 Å². The zero-order valence-electron chi connectivity index (χ0n) is 8.35. The molecule has 14 heavy (non-hydrogen) atoms. The molecule has 0 aliphatic carbocycles. The summed E-state index contributed by atoms with van der Waals surface area (Å²) in [5, 5.41) is 6.26. The number of nitrogens with zero attached hydrogens (tertiary/aromatic N) is 2. The molecule has 0 N–H and O–H groups in total. The molecule has 82 valence electrons. The Hall–Kier alpha value is 1.32. The molecule has 6 heteroatoms. The largest absolute Gasteiger partial charge is 0.220 e. The molecular weight excluding hydrogens is 252 g/mol. The van der Waals surface area contributed by atoms with Crippen molar-refractivity contribution in [2.24, 2.45) is 0 Å². The fourth-order valence-electron chi connectivity index (χ4n) is 1.37. The van der Waals surface area contributed by atoms with Crippen LogP contribution in [0.5, 0.6) is 0 Å². The molecule has 2 aliphatic heterocycles. The molecule has 0 amide bonds. The van der Waals surface area contributed by atoms with Crippen LogP contribution >= 0.6 is 47.0 Å². The Kier molecular flexibility index (Phi) is 5.18. The molecule has 0 radical (unpaired) electrons. The van der Waals surface area contributed by atoms with E-state index in [1.807, 2.05) is 23.5 Å². The lowest BCUT2D eigenvalue weighted by Crippen LogP contribution is -2.45. The van der Waals surface area contributed by atoms with Gasteiger partial charge in [0.1, 0.15) is 0 Å². The van der Waals surface area contributed by atoms with Crippen molar-refractivity contribution in [3.63, 3.8) is 0 Å². The predicted octanol–water partition coefficient (Wildman–Crippen LogP) is 2.99. The van der Waals surface area contributed by atoms with E-state index >= 15 is 0 Å². The molecule has 2 saturated heterocycles. The molecule has 2 fully saturated rings. The van der Waals surface area contributed by atoms with Crippen LogP contribution in [0.15, 0.2) is 0 Å². The summed E-state index contributed by atoms with van der Waals surface area (Å²) in [5.74, 6) is 4.75. The monoisotopic (exact) mass is 268 g/mol. The topological polar surface area (TPSA) is 6.48 Å². The molecule has 0 saturated carbocycles. The molecule has 0 aromatic rings. The van der Waals surface area contributed by atoms with Gasteiger partial charge in [0.25, 0.3) is 0 Å². The number of hydrazine groups is 1. The van der Waals surface area contributed by atoms with Crippen molar-refractivity contribution in [2.45, 2.75) is 17.9 Å². The number of thioether (sulfide) groups is 4. The third kappa shape index (κ3) is 3.15. The molecule has 2 nitrogen and oxygen atoms in total. The van der Waals surface area contributed by atoms with E-state index < -0.39 is 0 Å². The minimum absolute atomic E-state index is 0.830. The summed E-state index contributed by atoms with van der Waals surface area (Å²) in [6, 6.07) is 0. The Balaban J connectivity index is 1.76. The molecule has 0 atom stereocenters. The minimum Gasteiger partial charge on any atom is -0.220 e. The van der Waals surface area contributed by atoms with Gasteiger partial charge in [0.05, 0.1) is 28.1 Å². The normalized spacial score (nSPS) is 28.1. The van der Waals surface area contributed by atoms with Crippen molar-refractivity contribution in [1.82, 2.24) is 10.0 Å². The molecule has 2 heterocycles. The van der Waals surface area contributed by atoms with Crippen LogP contribution in [0.1, 0.15) is 13.3 Å². The molecule has 0 aromatic heterocycles. The average molecular weight is 268 g/mol. The van der Waals surface area contributed by atoms with E-state index in [1.54, 1.807) is 0 Å². The van der Waals surface area contributed by atoms with Crippen molar-refractivity contribution in [1.29, 1.82) is 0 Å². The lowest BCUT2D eigenvalue weighted by Gasteiger charge is -2.39. The van der Waals surface area contributed by atoms with E-state index in [0.717, 1.165) is 4.58 Å². The zero-order valence-corrected chi connectivity index (χ0v) is 11.6. The summed E-state index contributed by atoms with van der Waals surface area (Å²) in [4.78, 5) is 0. The van der Waals surface area contributed by atoms with Gasteiger partial charge in [-0.05, 0) is 6.42 Å². The summed E-state index contributed by atoms with van der Waals surface area (Å²) < 4.78 is 0.830. The summed E-state index contributed by atoms with van der Waals surface area (Å²) in [7, 11) is 0. The van der Waals surface area contributed by atoms with Gasteiger partial charge >= 0.3 is 0 Å². The van der Waals surface area contributed by atoms with Gasteiger partial charge in [-0.2, -0.15) is 0 Å². The van der Waals surface area contributed by atoms with Gasteiger partial charge in [-0.25, -0.2) is 10.0 Å². The first-order valence-electron chi connectivity index (χ1n) is 4.78. The second kappa shape index (κ2) is 6.15. The van der Waals surface area contributed by atoms with Crippen LogP contribution in [0.25, 0.3) is 0 Å². The number of hydrogen-bond acceptors (Lipinski definition) is 6. The van der Waals surface area contributed by atoms with Crippen LogP contribution in [-0.2, 0) is 0 Å². The Morgan fingerprint density at radius 2 is 1.57 bits per heavy atom. The Morgan fingerprint density at radius 1 is 1.00 bits per heavy atom. The van der Waals surface area contributed by atoms with Gasteiger partial charge in [-0.15, -0.1) is 47.0 Å². The standard InChI is InChI=1S/C8H16N2S4/c1-2-8-13-5-10(6-14-8)9-3-11-7-12-4-9/h8H,2-7H2,1H3. The highest BCUT2D eigenvalue weighted by molar-refractivity contribution is 8.17. The van der Waals surface area contributed by atoms with Crippen LogP contribution in [0.2, 0.25) is 0 Å². The minimum atomic E-state index is 0.830. The molecule has 2 aliphatic rings. The van der Waals surface area contributed by atoms with Crippen LogP contribution in [0.4, 0.5) is 0 Å².